The average molecular weight is 321 g/mol. The van der Waals surface area contributed by atoms with Crippen LogP contribution in [-0.2, 0) is 12.3 Å². The summed E-state index contributed by atoms with van der Waals surface area (Å²) < 4.78 is 29.7. The number of halogens is 2. The number of hydrogen-bond acceptors (Lipinski definition) is 4. The predicted molar refractivity (Wildman–Crippen MR) is 82.4 cm³/mol. The van der Waals surface area contributed by atoms with Crippen LogP contribution < -0.4 is 5.32 Å². The summed E-state index contributed by atoms with van der Waals surface area (Å²) in [5.41, 5.74) is 0. The summed E-state index contributed by atoms with van der Waals surface area (Å²) in [6.07, 6.45) is 3.71. The van der Waals surface area contributed by atoms with E-state index in [4.69, 9.17) is 4.42 Å². The Bertz CT molecular complexity index is 400. The van der Waals surface area contributed by atoms with Crippen LogP contribution in [-0.4, -0.2) is 22.8 Å². The molecule has 0 radical (unpaired) electrons. The molecule has 114 valence electrons. The molecule has 0 bridgehead atoms. The fourth-order valence-electron chi connectivity index (χ4n) is 2.50. The normalized spacial score (nSPS) is 22.8. The van der Waals surface area contributed by atoms with E-state index < -0.39 is 5.76 Å². The maximum absolute atomic E-state index is 12.1. The van der Waals surface area contributed by atoms with E-state index in [1.54, 1.807) is 6.07 Å². The van der Waals surface area contributed by atoms with Crippen LogP contribution in [0, 0.1) is 0 Å². The molecule has 2 atom stereocenters. The Balaban J connectivity index is 1.69. The van der Waals surface area contributed by atoms with Gasteiger partial charge in [-0.3, -0.25) is 0 Å². The first-order valence-corrected chi connectivity index (χ1v) is 9.09. The molecule has 2 rings (SSSR count). The largest absolute Gasteiger partial charge is 0.464 e. The second-order valence-corrected chi connectivity index (χ2v) is 7.46. The van der Waals surface area contributed by atoms with Gasteiger partial charge in [0, 0.05) is 11.3 Å². The number of hydrogen-bond donors (Lipinski definition) is 1. The molecule has 1 aliphatic carbocycles. The van der Waals surface area contributed by atoms with Gasteiger partial charge in [0.25, 0.3) is 5.76 Å². The van der Waals surface area contributed by atoms with E-state index in [2.05, 4.69) is 12.2 Å². The number of rotatable bonds is 8. The van der Waals surface area contributed by atoms with Crippen molar-refractivity contribution in [2.75, 3.05) is 5.75 Å². The standard InChI is InChI=1S/C14H21F2NOS2/c1-2-19-13-6-3-10(7-13)17-8-11-4-5-12(18-11)9-20-14(15)16/h4-5,10,13-14,17H,2-3,6-9H2,1H3. The third-order valence-corrected chi connectivity index (χ3v) is 5.36. The molecule has 0 aromatic carbocycles. The van der Waals surface area contributed by atoms with Crippen molar-refractivity contribution in [2.45, 2.75) is 55.5 Å². The zero-order valence-electron chi connectivity index (χ0n) is 11.6. The SMILES string of the molecule is CCSC1CCC(NCc2ccc(CSC(F)F)o2)C1. The number of alkyl halides is 2. The molecule has 0 aliphatic heterocycles. The highest BCUT2D eigenvalue weighted by Gasteiger charge is 2.24. The fraction of sp³-hybridized carbons (Fsp3) is 0.714. The summed E-state index contributed by atoms with van der Waals surface area (Å²) in [5, 5.41) is 4.29. The molecule has 20 heavy (non-hydrogen) atoms. The van der Waals surface area contributed by atoms with E-state index in [1.807, 2.05) is 17.8 Å². The van der Waals surface area contributed by atoms with E-state index in [-0.39, 0.29) is 5.75 Å². The van der Waals surface area contributed by atoms with Gasteiger partial charge in [-0.2, -0.15) is 20.5 Å². The summed E-state index contributed by atoms with van der Waals surface area (Å²) in [5.74, 6) is 0.532. The van der Waals surface area contributed by atoms with Gasteiger partial charge in [-0.1, -0.05) is 18.7 Å². The van der Waals surface area contributed by atoms with Crippen molar-refractivity contribution in [3.8, 4) is 0 Å². The van der Waals surface area contributed by atoms with E-state index in [0.29, 0.717) is 30.1 Å². The molecule has 1 fully saturated rings. The van der Waals surface area contributed by atoms with Crippen LogP contribution in [0.15, 0.2) is 16.5 Å². The summed E-state index contributed by atoms with van der Waals surface area (Å²) in [6, 6.07) is 4.22. The number of nitrogens with one attached hydrogen (secondary N) is 1. The summed E-state index contributed by atoms with van der Waals surface area (Å²) in [7, 11) is 0. The van der Waals surface area contributed by atoms with Gasteiger partial charge >= 0.3 is 0 Å². The van der Waals surface area contributed by atoms with Gasteiger partial charge in [-0.05, 0) is 37.1 Å². The van der Waals surface area contributed by atoms with Crippen molar-refractivity contribution < 1.29 is 13.2 Å². The molecular formula is C14H21F2NOS2. The van der Waals surface area contributed by atoms with Crippen molar-refractivity contribution in [3.05, 3.63) is 23.7 Å². The van der Waals surface area contributed by atoms with Crippen LogP contribution in [0.3, 0.4) is 0 Å². The Kier molecular flexibility index (Phi) is 6.71. The monoisotopic (exact) mass is 321 g/mol. The highest BCUT2D eigenvalue weighted by molar-refractivity contribution is 7.99. The molecule has 1 saturated carbocycles. The van der Waals surface area contributed by atoms with Crippen molar-refractivity contribution >= 4 is 23.5 Å². The lowest BCUT2D eigenvalue weighted by Crippen LogP contribution is -2.25. The van der Waals surface area contributed by atoms with Gasteiger partial charge in [-0.15, -0.1) is 0 Å². The van der Waals surface area contributed by atoms with Gasteiger partial charge in [0.1, 0.15) is 11.5 Å². The Morgan fingerprint density at radius 1 is 1.35 bits per heavy atom. The highest BCUT2D eigenvalue weighted by Crippen LogP contribution is 2.30. The molecule has 1 N–H and O–H groups in total. The first-order chi connectivity index (χ1) is 9.67. The van der Waals surface area contributed by atoms with Crippen LogP contribution in [0.1, 0.15) is 37.7 Å². The second-order valence-electron chi connectivity index (χ2n) is 4.91. The molecule has 1 aliphatic rings. The lowest BCUT2D eigenvalue weighted by atomic mass is 10.2. The summed E-state index contributed by atoms with van der Waals surface area (Å²) in [6.45, 7) is 2.89. The summed E-state index contributed by atoms with van der Waals surface area (Å²) in [4.78, 5) is 0. The average Bonchev–Trinajstić information content (AvgIpc) is 3.03. The quantitative estimate of drug-likeness (QED) is 0.762. The van der Waals surface area contributed by atoms with Crippen molar-refractivity contribution in [1.29, 1.82) is 0 Å². The van der Waals surface area contributed by atoms with Crippen molar-refractivity contribution in [2.24, 2.45) is 0 Å². The lowest BCUT2D eigenvalue weighted by molar-refractivity contribution is 0.251. The Morgan fingerprint density at radius 2 is 2.15 bits per heavy atom. The Morgan fingerprint density at radius 3 is 2.90 bits per heavy atom. The molecular weight excluding hydrogens is 300 g/mol. The maximum atomic E-state index is 12.1. The molecule has 2 unspecified atom stereocenters. The zero-order chi connectivity index (χ0) is 14.4. The van der Waals surface area contributed by atoms with E-state index in [9.17, 15) is 8.78 Å². The van der Waals surface area contributed by atoms with E-state index >= 15 is 0 Å². The Labute approximate surface area is 127 Å². The molecule has 1 aromatic rings. The zero-order valence-corrected chi connectivity index (χ0v) is 13.2. The first kappa shape index (κ1) is 16.2. The predicted octanol–water partition coefficient (Wildman–Crippen LogP) is 4.50. The highest BCUT2D eigenvalue weighted by atomic mass is 32.2. The topological polar surface area (TPSA) is 25.2 Å². The molecule has 0 amide bonds. The number of furan rings is 1. The van der Waals surface area contributed by atoms with Crippen LogP contribution in [0.25, 0.3) is 0 Å². The van der Waals surface area contributed by atoms with Crippen LogP contribution in [0.2, 0.25) is 0 Å². The Hall–Kier alpha value is -0.200. The molecule has 1 aromatic heterocycles. The van der Waals surface area contributed by atoms with E-state index in [1.165, 1.54) is 25.0 Å². The first-order valence-electron chi connectivity index (χ1n) is 6.99. The molecule has 0 saturated heterocycles. The molecule has 6 heteroatoms. The van der Waals surface area contributed by atoms with Crippen molar-refractivity contribution in [1.82, 2.24) is 5.32 Å². The van der Waals surface area contributed by atoms with Gasteiger partial charge in [0.2, 0.25) is 0 Å². The van der Waals surface area contributed by atoms with Crippen LogP contribution >= 0.6 is 23.5 Å². The summed E-state index contributed by atoms with van der Waals surface area (Å²) >= 11 is 2.64. The third-order valence-electron chi connectivity index (χ3n) is 3.42. The number of thioether (sulfide) groups is 2. The van der Waals surface area contributed by atoms with Crippen LogP contribution in [0.4, 0.5) is 8.78 Å². The smallest absolute Gasteiger partial charge is 0.284 e. The minimum absolute atomic E-state index is 0.232. The molecule has 1 heterocycles. The molecule has 0 spiro atoms. The van der Waals surface area contributed by atoms with Crippen LogP contribution in [0.5, 0.6) is 0 Å². The van der Waals surface area contributed by atoms with Gasteiger partial charge in [0.05, 0.1) is 12.3 Å². The molecule has 2 nitrogen and oxygen atoms in total. The van der Waals surface area contributed by atoms with E-state index in [0.717, 1.165) is 11.0 Å². The maximum Gasteiger partial charge on any atom is 0.284 e. The third kappa shape index (κ3) is 5.30. The van der Waals surface area contributed by atoms with Gasteiger partial charge < -0.3 is 9.73 Å². The lowest BCUT2D eigenvalue weighted by Gasteiger charge is -2.11. The fourth-order valence-corrected chi connectivity index (χ4v) is 4.09. The second kappa shape index (κ2) is 8.29. The minimum atomic E-state index is -2.34. The minimum Gasteiger partial charge on any atom is -0.464 e. The van der Waals surface area contributed by atoms with Gasteiger partial charge in [-0.25, -0.2) is 0 Å². The van der Waals surface area contributed by atoms with Gasteiger partial charge in [0.15, 0.2) is 0 Å². The van der Waals surface area contributed by atoms with Crippen molar-refractivity contribution in [3.63, 3.8) is 0 Å².